The van der Waals surface area contributed by atoms with Gasteiger partial charge in [0.2, 0.25) is 10.0 Å². The number of carbonyl (C=O) groups is 1. The minimum atomic E-state index is -3.55. The predicted molar refractivity (Wildman–Crippen MR) is 78.5 cm³/mol. The lowest BCUT2D eigenvalue weighted by Gasteiger charge is -2.08. The number of nitrogens with one attached hydrogen (secondary N) is 1. The third-order valence-electron chi connectivity index (χ3n) is 2.95. The second-order valence-corrected chi connectivity index (χ2v) is 6.69. The average Bonchev–Trinajstić information content (AvgIpc) is 2.41. The van der Waals surface area contributed by atoms with Gasteiger partial charge in [-0.25, -0.2) is 13.1 Å². The highest BCUT2D eigenvalue weighted by Crippen LogP contribution is 2.12. The van der Waals surface area contributed by atoms with E-state index in [1.807, 2.05) is 0 Å². The smallest absolute Gasteiger partial charge is 0.303 e. The number of benzene rings is 1. The van der Waals surface area contributed by atoms with Gasteiger partial charge in [-0.2, -0.15) is 0 Å². The van der Waals surface area contributed by atoms with Crippen molar-refractivity contribution in [3.8, 4) is 0 Å². The third-order valence-corrected chi connectivity index (χ3v) is 4.43. The molecule has 1 aromatic carbocycles. The minimum absolute atomic E-state index is 0.0176. The van der Waals surface area contributed by atoms with Crippen LogP contribution in [-0.2, 0) is 21.2 Å². The molecule has 118 valence electrons. The Balaban J connectivity index is 2.56. The summed E-state index contributed by atoms with van der Waals surface area (Å²) in [4.78, 5) is 10.6. The van der Waals surface area contributed by atoms with Crippen LogP contribution in [-0.4, -0.2) is 37.2 Å². The van der Waals surface area contributed by atoms with Crippen molar-refractivity contribution in [2.45, 2.75) is 43.6 Å². The maximum Gasteiger partial charge on any atom is 0.303 e. The molecule has 0 heterocycles. The maximum atomic E-state index is 12.0. The summed E-state index contributed by atoms with van der Waals surface area (Å²) in [6, 6.07) is 6.17. The Bertz CT molecular complexity index is 551. The summed E-state index contributed by atoms with van der Waals surface area (Å²) >= 11 is 0. The lowest BCUT2D eigenvalue weighted by molar-refractivity contribution is -0.136. The van der Waals surface area contributed by atoms with E-state index in [4.69, 9.17) is 10.2 Å². The van der Waals surface area contributed by atoms with E-state index < -0.39 is 22.1 Å². The lowest BCUT2D eigenvalue weighted by Crippen LogP contribution is -2.25. The zero-order valence-electron chi connectivity index (χ0n) is 11.9. The highest BCUT2D eigenvalue weighted by atomic mass is 32.2. The van der Waals surface area contributed by atoms with Crippen LogP contribution in [0, 0.1) is 0 Å². The molecule has 1 aromatic rings. The molecule has 1 rings (SSSR count). The Morgan fingerprint density at radius 3 is 2.43 bits per heavy atom. The molecule has 1 unspecified atom stereocenters. The highest BCUT2D eigenvalue weighted by Gasteiger charge is 2.13. The van der Waals surface area contributed by atoms with Crippen LogP contribution in [0.5, 0.6) is 0 Å². The fraction of sp³-hybridized carbons (Fsp3) is 0.500. The van der Waals surface area contributed by atoms with Crippen LogP contribution in [0.2, 0.25) is 0 Å². The zero-order valence-corrected chi connectivity index (χ0v) is 12.8. The molecule has 0 aliphatic carbocycles. The van der Waals surface area contributed by atoms with Gasteiger partial charge in [-0.1, -0.05) is 12.1 Å². The molecule has 0 spiro atoms. The number of aliphatic hydroxyl groups is 1. The molecule has 21 heavy (non-hydrogen) atoms. The summed E-state index contributed by atoms with van der Waals surface area (Å²) in [7, 11) is -3.55. The predicted octanol–water partition coefficient (Wildman–Crippen LogP) is 1.14. The first-order valence-corrected chi connectivity index (χ1v) is 8.28. The van der Waals surface area contributed by atoms with Crippen LogP contribution < -0.4 is 4.72 Å². The summed E-state index contributed by atoms with van der Waals surface area (Å²) in [6.45, 7) is 1.93. The van der Waals surface area contributed by atoms with Crippen molar-refractivity contribution in [1.29, 1.82) is 0 Å². The molecule has 0 saturated carbocycles. The SMILES string of the molecule is CC(O)CCCNS(=O)(=O)c1ccc(CCC(=O)O)cc1. The Morgan fingerprint density at radius 2 is 1.90 bits per heavy atom. The van der Waals surface area contributed by atoms with Crippen LogP contribution in [0.15, 0.2) is 29.2 Å². The Labute approximate surface area is 124 Å². The molecule has 0 saturated heterocycles. The van der Waals surface area contributed by atoms with Crippen molar-refractivity contribution < 1.29 is 23.4 Å². The van der Waals surface area contributed by atoms with Gasteiger partial charge in [0.25, 0.3) is 0 Å². The van der Waals surface area contributed by atoms with Crippen molar-refractivity contribution in [2.75, 3.05) is 6.54 Å². The van der Waals surface area contributed by atoms with Crippen LogP contribution in [0.1, 0.15) is 31.7 Å². The molecule has 0 aliphatic heterocycles. The molecule has 6 nitrogen and oxygen atoms in total. The Kier molecular flexibility index (Phi) is 6.80. The molecule has 0 bridgehead atoms. The number of aryl methyl sites for hydroxylation is 1. The first-order chi connectivity index (χ1) is 9.81. The molecule has 1 atom stereocenters. The number of carboxylic acids is 1. The number of sulfonamides is 1. The van der Waals surface area contributed by atoms with Crippen molar-refractivity contribution in [2.24, 2.45) is 0 Å². The van der Waals surface area contributed by atoms with E-state index in [-0.39, 0.29) is 17.9 Å². The van der Waals surface area contributed by atoms with E-state index in [2.05, 4.69) is 4.72 Å². The van der Waals surface area contributed by atoms with Crippen molar-refractivity contribution in [3.63, 3.8) is 0 Å². The maximum absolute atomic E-state index is 12.0. The first-order valence-electron chi connectivity index (χ1n) is 6.80. The number of aliphatic hydroxyl groups excluding tert-OH is 1. The monoisotopic (exact) mass is 315 g/mol. The topological polar surface area (TPSA) is 104 Å². The third kappa shape index (κ3) is 6.70. The molecule has 0 aromatic heterocycles. The van der Waals surface area contributed by atoms with Gasteiger partial charge in [-0.05, 0) is 43.9 Å². The Morgan fingerprint density at radius 1 is 1.29 bits per heavy atom. The standard InChI is InChI=1S/C14H21NO5S/c1-11(16)3-2-10-15-21(19,20)13-7-4-12(5-8-13)6-9-14(17)18/h4-5,7-8,11,15-16H,2-3,6,9-10H2,1H3,(H,17,18). The van der Waals surface area contributed by atoms with Gasteiger partial charge < -0.3 is 10.2 Å². The van der Waals surface area contributed by atoms with E-state index >= 15 is 0 Å². The van der Waals surface area contributed by atoms with E-state index in [1.165, 1.54) is 12.1 Å². The van der Waals surface area contributed by atoms with Crippen LogP contribution >= 0.6 is 0 Å². The summed E-state index contributed by atoms with van der Waals surface area (Å²) < 4.78 is 26.4. The number of hydrogen-bond donors (Lipinski definition) is 3. The highest BCUT2D eigenvalue weighted by molar-refractivity contribution is 7.89. The van der Waals surface area contributed by atoms with Gasteiger partial charge in [-0.3, -0.25) is 4.79 Å². The second-order valence-electron chi connectivity index (χ2n) is 4.93. The molecule has 7 heteroatoms. The normalized spacial score (nSPS) is 13.0. The van der Waals surface area contributed by atoms with E-state index in [0.717, 1.165) is 5.56 Å². The molecule has 0 fully saturated rings. The van der Waals surface area contributed by atoms with E-state index in [1.54, 1.807) is 19.1 Å². The fourth-order valence-corrected chi connectivity index (χ4v) is 2.85. The van der Waals surface area contributed by atoms with Crippen LogP contribution in [0.4, 0.5) is 0 Å². The number of aliphatic carboxylic acids is 1. The molecule has 3 N–H and O–H groups in total. The van der Waals surface area contributed by atoms with Crippen LogP contribution in [0.25, 0.3) is 0 Å². The summed E-state index contributed by atoms with van der Waals surface area (Å²) in [5, 5.41) is 17.7. The first kappa shape index (κ1) is 17.6. The second kappa shape index (κ2) is 8.11. The van der Waals surface area contributed by atoms with Crippen LogP contribution in [0.3, 0.4) is 0 Å². The lowest BCUT2D eigenvalue weighted by atomic mass is 10.1. The molecular weight excluding hydrogens is 294 g/mol. The molecule has 0 radical (unpaired) electrons. The summed E-state index contributed by atoms with van der Waals surface area (Å²) in [6.07, 6.45) is 1.05. The molecular formula is C14H21NO5S. The van der Waals surface area contributed by atoms with Gasteiger partial charge in [0.15, 0.2) is 0 Å². The van der Waals surface area contributed by atoms with E-state index in [0.29, 0.717) is 19.3 Å². The average molecular weight is 315 g/mol. The van der Waals surface area contributed by atoms with Gasteiger partial charge in [0.1, 0.15) is 0 Å². The summed E-state index contributed by atoms with van der Waals surface area (Å²) in [5.41, 5.74) is 0.783. The fourth-order valence-electron chi connectivity index (χ4n) is 1.77. The molecule has 0 aliphatic rings. The zero-order chi connectivity index (χ0) is 15.9. The van der Waals surface area contributed by atoms with Crippen molar-refractivity contribution in [3.05, 3.63) is 29.8 Å². The van der Waals surface area contributed by atoms with Gasteiger partial charge in [-0.15, -0.1) is 0 Å². The number of rotatable bonds is 9. The van der Waals surface area contributed by atoms with Crippen molar-refractivity contribution >= 4 is 16.0 Å². The Hall–Kier alpha value is -1.44. The number of carboxylic acid groups (broad SMARTS) is 1. The molecule has 0 amide bonds. The largest absolute Gasteiger partial charge is 0.481 e. The summed E-state index contributed by atoms with van der Waals surface area (Å²) in [5.74, 6) is -0.883. The van der Waals surface area contributed by atoms with Crippen molar-refractivity contribution in [1.82, 2.24) is 4.72 Å². The van der Waals surface area contributed by atoms with Gasteiger partial charge in [0, 0.05) is 13.0 Å². The van der Waals surface area contributed by atoms with E-state index in [9.17, 15) is 13.2 Å². The minimum Gasteiger partial charge on any atom is -0.481 e. The number of hydrogen-bond acceptors (Lipinski definition) is 4. The quantitative estimate of drug-likeness (QED) is 0.593. The van der Waals surface area contributed by atoms with Gasteiger partial charge in [0.05, 0.1) is 11.0 Å². The van der Waals surface area contributed by atoms with Gasteiger partial charge >= 0.3 is 5.97 Å².